The third-order valence-electron chi connectivity index (χ3n) is 2.73. The number of hydrogen-bond donors (Lipinski definition) is 1. The normalized spacial score (nSPS) is 27.0. The predicted octanol–water partition coefficient (Wildman–Crippen LogP) is 2.41. The molecule has 2 rings (SSSR count). The summed E-state index contributed by atoms with van der Waals surface area (Å²) in [5.41, 5.74) is 8.15. The van der Waals surface area contributed by atoms with Crippen LogP contribution in [0.15, 0.2) is 18.2 Å². The molecule has 1 aromatic rings. The second kappa shape index (κ2) is 3.11. The lowest BCUT2D eigenvalue weighted by Crippen LogP contribution is -2.22. The van der Waals surface area contributed by atoms with Gasteiger partial charge >= 0.3 is 0 Å². The first-order valence-corrected chi connectivity index (χ1v) is 4.70. The molecule has 0 aliphatic heterocycles. The Balaban J connectivity index is 2.43. The Kier molecular flexibility index (Phi) is 2.08. The molecule has 0 aromatic heterocycles. The van der Waals surface area contributed by atoms with Crippen LogP contribution in [0.1, 0.15) is 30.5 Å². The van der Waals surface area contributed by atoms with Crippen molar-refractivity contribution in [2.45, 2.75) is 25.8 Å². The Morgan fingerprint density at radius 1 is 1.46 bits per heavy atom. The molecule has 0 amide bonds. The van der Waals surface area contributed by atoms with E-state index in [9.17, 15) is 4.39 Å². The lowest BCUT2D eigenvalue weighted by molar-refractivity contribution is 0.436. The van der Waals surface area contributed by atoms with Crippen molar-refractivity contribution in [2.75, 3.05) is 0 Å². The van der Waals surface area contributed by atoms with Gasteiger partial charge in [-0.2, -0.15) is 0 Å². The third kappa shape index (κ3) is 1.59. The Bertz CT molecular complexity index is 322. The topological polar surface area (TPSA) is 26.0 Å². The van der Waals surface area contributed by atoms with Crippen molar-refractivity contribution in [3.05, 3.63) is 35.1 Å². The molecule has 1 aliphatic carbocycles. The molecule has 0 spiro atoms. The van der Waals surface area contributed by atoms with Crippen LogP contribution in [0.5, 0.6) is 0 Å². The molecule has 1 aromatic carbocycles. The van der Waals surface area contributed by atoms with Gasteiger partial charge < -0.3 is 5.73 Å². The van der Waals surface area contributed by atoms with Crippen LogP contribution in [-0.2, 0) is 6.42 Å². The third-order valence-corrected chi connectivity index (χ3v) is 2.73. The fourth-order valence-corrected chi connectivity index (χ4v) is 2.12. The number of halogens is 1. The second-order valence-electron chi connectivity index (χ2n) is 3.99. The maximum absolute atomic E-state index is 12.9. The lowest BCUT2D eigenvalue weighted by Gasteiger charge is -2.26. The minimum Gasteiger partial charge on any atom is -0.324 e. The SMILES string of the molecule is CC1Cc2ccc(F)cc2C(N)C1. The Hall–Kier alpha value is -0.890. The Morgan fingerprint density at radius 3 is 3.00 bits per heavy atom. The number of benzene rings is 1. The van der Waals surface area contributed by atoms with Crippen LogP contribution in [0, 0.1) is 11.7 Å². The average Bonchev–Trinajstić information content (AvgIpc) is 2.06. The molecule has 2 heteroatoms. The minimum absolute atomic E-state index is 0.0226. The van der Waals surface area contributed by atoms with E-state index >= 15 is 0 Å². The van der Waals surface area contributed by atoms with Gasteiger partial charge in [-0.25, -0.2) is 4.39 Å². The fraction of sp³-hybridized carbons (Fsp3) is 0.455. The van der Waals surface area contributed by atoms with E-state index in [4.69, 9.17) is 5.73 Å². The van der Waals surface area contributed by atoms with E-state index in [0.717, 1.165) is 18.4 Å². The Labute approximate surface area is 77.8 Å². The smallest absolute Gasteiger partial charge is 0.123 e. The first-order chi connectivity index (χ1) is 6.16. The van der Waals surface area contributed by atoms with Gasteiger partial charge in [-0.3, -0.25) is 0 Å². The van der Waals surface area contributed by atoms with Crippen molar-refractivity contribution in [3.8, 4) is 0 Å². The first-order valence-electron chi connectivity index (χ1n) is 4.70. The summed E-state index contributed by atoms with van der Waals surface area (Å²) in [5, 5.41) is 0. The molecule has 2 unspecified atom stereocenters. The zero-order valence-electron chi connectivity index (χ0n) is 7.76. The molecule has 0 heterocycles. The van der Waals surface area contributed by atoms with Gasteiger partial charge in [-0.1, -0.05) is 13.0 Å². The number of nitrogens with two attached hydrogens (primary N) is 1. The summed E-state index contributed by atoms with van der Waals surface area (Å²) in [6, 6.07) is 4.98. The van der Waals surface area contributed by atoms with Crippen LogP contribution in [0.3, 0.4) is 0 Å². The second-order valence-corrected chi connectivity index (χ2v) is 3.99. The quantitative estimate of drug-likeness (QED) is 0.650. The summed E-state index contributed by atoms with van der Waals surface area (Å²) in [6.45, 7) is 2.19. The molecule has 0 saturated carbocycles. The van der Waals surface area contributed by atoms with Crippen molar-refractivity contribution in [1.82, 2.24) is 0 Å². The van der Waals surface area contributed by atoms with Gasteiger partial charge in [0, 0.05) is 6.04 Å². The minimum atomic E-state index is -0.177. The van der Waals surface area contributed by atoms with Crippen LogP contribution in [0.4, 0.5) is 4.39 Å². The monoisotopic (exact) mass is 179 g/mol. The van der Waals surface area contributed by atoms with Crippen LogP contribution < -0.4 is 5.73 Å². The summed E-state index contributed by atoms with van der Waals surface area (Å²) in [7, 11) is 0. The molecule has 1 aliphatic rings. The van der Waals surface area contributed by atoms with Gasteiger partial charge in [-0.15, -0.1) is 0 Å². The van der Waals surface area contributed by atoms with Gasteiger partial charge in [-0.05, 0) is 42.0 Å². The number of hydrogen-bond acceptors (Lipinski definition) is 1. The molecule has 13 heavy (non-hydrogen) atoms. The highest BCUT2D eigenvalue weighted by Crippen LogP contribution is 2.31. The van der Waals surface area contributed by atoms with Crippen LogP contribution in [0.25, 0.3) is 0 Å². The molecule has 70 valence electrons. The summed E-state index contributed by atoms with van der Waals surface area (Å²) in [6.07, 6.45) is 2.00. The van der Waals surface area contributed by atoms with Crippen molar-refractivity contribution < 1.29 is 4.39 Å². The molecule has 0 bridgehead atoms. The molecule has 0 saturated heterocycles. The first kappa shape index (κ1) is 8.70. The Morgan fingerprint density at radius 2 is 2.23 bits per heavy atom. The van der Waals surface area contributed by atoms with Crippen LogP contribution in [0.2, 0.25) is 0 Å². The zero-order chi connectivity index (χ0) is 9.42. The van der Waals surface area contributed by atoms with E-state index < -0.39 is 0 Å². The van der Waals surface area contributed by atoms with E-state index in [-0.39, 0.29) is 11.9 Å². The molecule has 1 nitrogen and oxygen atoms in total. The number of rotatable bonds is 0. The maximum atomic E-state index is 12.9. The molecular weight excluding hydrogens is 165 g/mol. The van der Waals surface area contributed by atoms with E-state index in [2.05, 4.69) is 6.92 Å². The van der Waals surface area contributed by atoms with Gasteiger partial charge in [0.25, 0.3) is 0 Å². The summed E-state index contributed by atoms with van der Waals surface area (Å²) in [5.74, 6) is 0.441. The van der Waals surface area contributed by atoms with E-state index in [1.807, 2.05) is 6.07 Å². The molecule has 2 N–H and O–H groups in total. The summed E-state index contributed by atoms with van der Waals surface area (Å²) < 4.78 is 12.9. The van der Waals surface area contributed by atoms with Crippen molar-refractivity contribution in [2.24, 2.45) is 11.7 Å². The molecule has 0 radical (unpaired) electrons. The lowest BCUT2D eigenvalue weighted by atomic mass is 9.82. The molecular formula is C11H14FN. The largest absolute Gasteiger partial charge is 0.324 e. The van der Waals surface area contributed by atoms with Gasteiger partial charge in [0.05, 0.1) is 0 Å². The van der Waals surface area contributed by atoms with Crippen molar-refractivity contribution >= 4 is 0 Å². The highest BCUT2D eigenvalue weighted by Gasteiger charge is 2.21. The maximum Gasteiger partial charge on any atom is 0.123 e. The van der Waals surface area contributed by atoms with Crippen LogP contribution >= 0.6 is 0 Å². The highest BCUT2D eigenvalue weighted by molar-refractivity contribution is 5.33. The standard InChI is InChI=1S/C11H14FN/c1-7-4-8-2-3-9(12)6-10(8)11(13)5-7/h2-3,6-7,11H,4-5,13H2,1H3. The fourth-order valence-electron chi connectivity index (χ4n) is 2.12. The van der Waals surface area contributed by atoms with Crippen molar-refractivity contribution in [3.63, 3.8) is 0 Å². The molecule has 0 fully saturated rings. The zero-order valence-corrected chi connectivity index (χ0v) is 7.76. The molecule has 2 atom stereocenters. The average molecular weight is 179 g/mol. The van der Waals surface area contributed by atoms with Gasteiger partial charge in [0.1, 0.15) is 5.82 Å². The number of fused-ring (bicyclic) bond motifs is 1. The van der Waals surface area contributed by atoms with Crippen LogP contribution in [-0.4, -0.2) is 0 Å². The van der Waals surface area contributed by atoms with Crippen molar-refractivity contribution in [1.29, 1.82) is 0 Å². The summed E-state index contributed by atoms with van der Waals surface area (Å²) >= 11 is 0. The van der Waals surface area contributed by atoms with Gasteiger partial charge in [0.2, 0.25) is 0 Å². The van der Waals surface area contributed by atoms with E-state index in [0.29, 0.717) is 5.92 Å². The van der Waals surface area contributed by atoms with E-state index in [1.54, 1.807) is 6.07 Å². The predicted molar refractivity (Wildman–Crippen MR) is 50.8 cm³/mol. The summed E-state index contributed by atoms with van der Waals surface area (Å²) in [4.78, 5) is 0. The highest BCUT2D eigenvalue weighted by atomic mass is 19.1. The van der Waals surface area contributed by atoms with Gasteiger partial charge in [0.15, 0.2) is 0 Å². The van der Waals surface area contributed by atoms with E-state index in [1.165, 1.54) is 11.6 Å².